The van der Waals surface area contributed by atoms with Gasteiger partial charge in [0.1, 0.15) is 5.00 Å². The first kappa shape index (κ1) is 23.5. The molecule has 1 fully saturated rings. The number of carbonyl (C=O) groups excluding carboxylic acids is 2. The molecule has 33 heavy (non-hydrogen) atoms. The highest BCUT2D eigenvalue weighted by Crippen LogP contribution is 2.42. The van der Waals surface area contributed by atoms with E-state index in [1.165, 1.54) is 27.3 Å². The molecule has 2 amide bonds. The lowest BCUT2D eigenvalue weighted by atomic mass is 9.94. The number of piperazine rings is 1. The van der Waals surface area contributed by atoms with Crippen molar-refractivity contribution in [2.75, 3.05) is 38.1 Å². The summed E-state index contributed by atoms with van der Waals surface area (Å²) in [6.45, 7) is 9.12. The number of hydrogen-bond donors (Lipinski definition) is 1. The number of aryl methyl sites for hydroxylation is 1. The highest BCUT2D eigenvalue weighted by Gasteiger charge is 2.32. The Hall–Kier alpha value is -2.68. The summed E-state index contributed by atoms with van der Waals surface area (Å²) in [5, 5.41) is 5.99. The first-order chi connectivity index (χ1) is 16.0. The quantitative estimate of drug-likeness (QED) is 0.500. The van der Waals surface area contributed by atoms with Crippen molar-refractivity contribution < 1.29 is 14.3 Å². The van der Waals surface area contributed by atoms with E-state index in [2.05, 4.69) is 48.3 Å². The lowest BCUT2D eigenvalue weighted by Gasteiger charge is -2.39. The van der Waals surface area contributed by atoms with Crippen LogP contribution in [-0.2, 0) is 4.74 Å². The number of benzene rings is 1. The number of rotatable bonds is 6. The third kappa shape index (κ3) is 5.13. The Morgan fingerprint density at radius 3 is 2.42 bits per heavy atom. The van der Waals surface area contributed by atoms with Gasteiger partial charge in [0.25, 0.3) is 5.91 Å². The van der Waals surface area contributed by atoms with E-state index in [-0.39, 0.29) is 18.0 Å². The molecule has 1 N–H and O–H groups in total. The van der Waals surface area contributed by atoms with Crippen LogP contribution >= 0.6 is 22.7 Å². The molecule has 0 aliphatic carbocycles. The minimum absolute atomic E-state index is 0.0147. The van der Waals surface area contributed by atoms with Crippen molar-refractivity contribution in [3.63, 3.8) is 0 Å². The topological polar surface area (TPSA) is 61.9 Å². The summed E-state index contributed by atoms with van der Waals surface area (Å²) in [5.41, 5.74) is 3.51. The summed E-state index contributed by atoms with van der Waals surface area (Å²) in [6, 6.07) is 14.1. The molecule has 3 heterocycles. The molecule has 1 saturated heterocycles. The average Bonchev–Trinajstić information content (AvgIpc) is 3.46. The summed E-state index contributed by atoms with van der Waals surface area (Å²) in [5.74, 6) is -0.0774. The van der Waals surface area contributed by atoms with Crippen molar-refractivity contribution >= 4 is 39.7 Å². The van der Waals surface area contributed by atoms with E-state index in [1.54, 1.807) is 16.2 Å². The maximum Gasteiger partial charge on any atom is 0.409 e. The lowest BCUT2D eigenvalue weighted by Crippen LogP contribution is -2.50. The van der Waals surface area contributed by atoms with Crippen LogP contribution in [-0.4, -0.2) is 54.6 Å². The number of hydrogen-bond acceptors (Lipinski definition) is 6. The largest absolute Gasteiger partial charge is 0.450 e. The second-order valence-corrected chi connectivity index (χ2v) is 10.2. The number of nitrogens with one attached hydrogen (secondary N) is 1. The number of carbonyl (C=O) groups is 2. The molecule has 0 unspecified atom stereocenters. The maximum atomic E-state index is 12.9. The highest BCUT2D eigenvalue weighted by molar-refractivity contribution is 7.17. The Morgan fingerprint density at radius 2 is 1.79 bits per heavy atom. The molecule has 1 aliphatic heterocycles. The summed E-state index contributed by atoms with van der Waals surface area (Å²) in [7, 11) is 0. The predicted molar refractivity (Wildman–Crippen MR) is 135 cm³/mol. The van der Waals surface area contributed by atoms with Gasteiger partial charge in [-0.25, -0.2) is 4.79 Å². The molecule has 3 aromatic rings. The second-order valence-electron chi connectivity index (χ2n) is 7.99. The molecule has 0 spiro atoms. The fourth-order valence-corrected chi connectivity index (χ4v) is 5.92. The van der Waals surface area contributed by atoms with Crippen molar-refractivity contribution in [2.45, 2.75) is 26.8 Å². The Bertz CT molecular complexity index is 1090. The zero-order chi connectivity index (χ0) is 23.4. The van der Waals surface area contributed by atoms with E-state index < -0.39 is 0 Å². The van der Waals surface area contributed by atoms with Crippen LogP contribution in [0, 0.1) is 13.8 Å². The molecule has 1 aliphatic rings. The smallest absolute Gasteiger partial charge is 0.409 e. The number of nitrogens with zero attached hydrogens (tertiary/aromatic N) is 2. The lowest BCUT2D eigenvalue weighted by molar-refractivity contribution is 0.0715. The van der Waals surface area contributed by atoms with Gasteiger partial charge in [-0.05, 0) is 43.3 Å². The highest BCUT2D eigenvalue weighted by atomic mass is 32.1. The third-order valence-electron chi connectivity index (χ3n) is 6.00. The standard InChI is InChI=1S/C25H29N3O3S2/c1-4-31-25(30)28-14-12-27(13-15-28)22(19-9-6-5-7-10-19)21-17(2)18(3)33-24(21)26-23(29)20-11-8-16-32-20/h5-11,16,22H,4,12-15H2,1-3H3,(H,26,29)/t22-/m1/s1. The zero-order valence-corrected chi connectivity index (χ0v) is 20.8. The van der Waals surface area contributed by atoms with Crippen LogP contribution in [0.5, 0.6) is 0 Å². The van der Waals surface area contributed by atoms with Crippen molar-refractivity contribution in [1.82, 2.24) is 9.80 Å². The number of ether oxygens (including phenoxy) is 1. The zero-order valence-electron chi connectivity index (χ0n) is 19.2. The molecule has 0 saturated carbocycles. The fourth-order valence-electron chi connectivity index (χ4n) is 4.21. The van der Waals surface area contributed by atoms with E-state index in [0.717, 1.165) is 23.7 Å². The summed E-state index contributed by atoms with van der Waals surface area (Å²) < 4.78 is 5.19. The van der Waals surface area contributed by atoms with Gasteiger partial charge >= 0.3 is 6.09 Å². The van der Waals surface area contributed by atoms with Crippen molar-refractivity contribution in [2.24, 2.45) is 0 Å². The fraction of sp³-hybridized carbons (Fsp3) is 0.360. The van der Waals surface area contributed by atoms with Gasteiger partial charge in [-0.1, -0.05) is 36.4 Å². The Morgan fingerprint density at radius 1 is 1.06 bits per heavy atom. The molecular weight excluding hydrogens is 454 g/mol. The van der Waals surface area contributed by atoms with E-state index in [4.69, 9.17) is 4.74 Å². The van der Waals surface area contributed by atoms with Crippen LogP contribution in [0.1, 0.15) is 44.2 Å². The monoisotopic (exact) mass is 483 g/mol. The Labute approximate surface area is 202 Å². The van der Waals surface area contributed by atoms with Gasteiger partial charge in [0.2, 0.25) is 0 Å². The second kappa shape index (κ2) is 10.5. The molecule has 1 aromatic carbocycles. The first-order valence-electron chi connectivity index (χ1n) is 11.1. The molecule has 0 radical (unpaired) electrons. The van der Waals surface area contributed by atoms with Gasteiger partial charge in [-0.3, -0.25) is 9.69 Å². The van der Waals surface area contributed by atoms with Gasteiger partial charge in [0.15, 0.2) is 0 Å². The van der Waals surface area contributed by atoms with Gasteiger partial charge < -0.3 is 15.0 Å². The number of thiophene rings is 2. The molecule has 174 valence electrons. The average molecular weight is 484 g/mol. The molecule has 4 rings (SSSR count). The first-order valence-corrected chi connectivity index (χ1v) is 12.8. The molecule has 8 heteroatoms. The van der Waals surface area contributed by atoms with Crippen LogP contribution in [0.15, 0.2) is 47.8 Å². The normalized spacial score (nSPS) is 15.3. The minimum Gasteiger partial charge on any atom is -0.450 e. The van der Waals surface area contributed by atoms with Crippen molar-refractivity contribution in [1.29, 1.82) is 0 Å². The third-order valence-corrected chi connectivity index (χ3v) is 8.01. The summed E-state index contributed by atoms with van der Waals surface area (Å²) in [6.07, 6.45) is -0.250. The van der Waals surface area contributed by atoms with E-state index in [1.807, 2.05) is 30.5 Å². The van der Waals surface area contributed by atoms with Gasteiger partial charge in [-0.15, -0.1) is 22.7 Å². The summed E-state index contributed by atoms with van der Waals surface area (Å²) >= 11 is 3.07. The Kier molecular flexibility index (Phi) is 7.47. The maximum absolute atomic E-state index is 12.9. The van der Waals surface area contributed by atoms with Crippen LogP contribution in [0.2, 0.25) is 0 Å². The number of anilines is 1. The number of amides is 2. The molecule has 6 nitrogen and oxygen atoms in total. The van der Waals surface area contributed by atoms with Crippen LogP contribution in [0.4, 0.5) is 9.80 Å². The van der Waals surface area contributed by atoms with E-state index >= 15 is 0 Å². The van der Waals surface area contributed by atoms with Crippen LogP contribution in [0.25, 0.3) is 0 Å². The van der Waals surface area contributed by atoms with Crippen molar-refractivity contribution in [3.8, 4) is 0 Å². The minimum atomic E-state index is -0.250. The molecule has 1 atom stereocenters. The van der Waals surface area contributed by atoms with Crippen molar-refractivity contribution in [3.05, 3.63) is 74.3 Å². The summed E-state index contributed by atoms with van der Waals surface area (Å²) in [4.78, 5) is 31.2. The van der Waals surface area contributed by atoms with E-state index in [0.29, 0.717) is 24.6 Å². The Balaban J connectivity index is 1.66. The van der Waals surface area contributed by atoms with E-state index in [9.17, 15) is 9.59 Å². The molecular formula is C25H29N3O3S2. The van der Waals surface area contributed by atoms with Gasteiger partial charge in [0.05, 0.1) is 17.5 Å². The molecule has 0 bridgehead atoms. The molecule has 2 aromatic heterocycles. The van der Waals surface area contributed by atoms with Gasteiger partial charge in [-0.2, -0.15) is 0 Å². The van der Waals surface area contributed by atoms with Crippen LogP contribution in [0.3, 0.4) is 0 Å². The SMILES string of the molecule is CCOC(=O)N1CCN([C@H](c2ccccc2)c2c(NC(=O)c3cccs3)sc(C)c2C)CC1. The predicted octanol–water partition coefficient (Wildman–Crippen LogP) is 5.54. The van der Waals surface area contributed by atoms with Crippen LogP contribution < -0.4 is 5.32 Å². The van der Waals surface area contributed by atoms with Gasteiger partial charge in [0, 0.05) is 36.6 Å².